The van der Waals surface area contributed by atoms with Gasteiger partial charge in [0.25, 0.3) is 10.2 Å². The molecule has 0 radical (unpaired) electrons. The van der Waals surface area contributed by atoms with Crippen molar-refractivity contribution in [3.05, 3.63) is 94.0 Å². The van der Waals surface area contributed by atoms with Crippen LogP contribution in [0.2, 0.25) is 0 Å². The molecule has 2 aromatic heterocycles. The lowest BCUT2D eigenvalue weighted by Gasteiger charge is -2.26. The molecule has 3 heterocycles. The molecule has 1 aliphatic rings. The maximum Gasteiger partial charge on any atom is 0.340 e. The van der Waals surface area contributed by atoms with E-state index in [9.17, 15) is 13.2 Å². The van der Waals surface area contributed by atoms with Gasteiger partial charge in [0.05, 0.1) is 24.9 Å². The molecule has 35 heavy (non-hydrogen) atoms. The molecule has 4 aromatic rings. The smallest absolute Gasteiger partial charge is 0.340 e. The molecule has 0 spiro atoms. The summed E-state index contributed by atoms with van der Waals surface area (Å²) >= 11 is 0. The van der Waals surface area contributed by atoms with Gasteiger partial charge in [-0.1, -0.05) is 18.2 Å². The van der Waals surface area contributed by atoms with Crippen molar-refractivity contribution in [3.8, 4) is 11.6 Å². The second-order valence-electron chi connectivity index (χ2n) is 8.26. The predicted octanol–water partition coefficient (Wildman–Crippen LogP) is 3.52. The van der Waals surface area contributed by atoms with Crippen LogP contribution in [0.25, 0.3) is 11.0 Å². The molecule has 1 fully saturated rings. The van der Waals surface area contributed by atoms with E-state index in [0.717, 1.165) is 16.5 Å². The molecule has 1 saturated heterocycles. The van der Waals surface area contributed by atoms with Crippen molar-refractivity contribution < 1.29 is 22.3 Å². The molecule has 0 bridgehead atoms. The monoisotopic (exact) mass is 493 g/mol. The van der Waals surface area contributed by atoms with E-state index in [-0.39, 0.29) is 12.5 Å². The van der Waals surface area contributed by atoms with Crippen molar-refractivity contribution >= 4 is 26.9 Å². The maximum atomic E-state index is 12.8. The van der Waals surface area contributed by atoms with Gasteiger partial charge in [0.2, 0.25) is 5.88 Å². The lowest BCUT2D eigenvalue weighted by Crippen LogP contribution is -2.50. The first-order valence-electron chi connectivity index (χ1n) is 11.0. The van der Waals surface area contributed by atoms with Gasteiger partial charge in [0, 0.05) is 35.7 Å². The Kier molecular flexibility index (Phi) is 6.25. The van der Waals surface area contributed by atoms with Crippen LogP contribution in [-0.4, -0.2) is 32.7 Å². The third-order valence-corrected chi connectivity index (χ3v) is 6.79. The Morgan fingerprint density at radius 2 is 1.94 bits per heavy atom. The Morgan fingerprint density at radius 3 is 2.69 bits per heavy atom. The number of fused-ring (bicyclic) bond motifs is 1. The van der Waals surface area contributed by atoms with Gasteiger partial charge in [0.15, 0.2) is 0 Å². The lowest BCUT2D eigenvalue weighted by atomic mass is 9.99. The van der Waals surface area contributed by atoms with Crippen molar-refractivity contribution in [2.45, 2.75) is 19.4 Å². The number of ether oxygens (including phenoxy) is 2. The SMILES string of the molecule is Cc1c(Cc2cccc(NS(=O)(=O)NC3COC3)c2)c(=O)oc2cc(Oc3ccccn3)ccc12. The zero-order valence-electron chi connectivity index (χ0n) is 18.9. The maximum absolute atomic E-state index is 12.8. The lowest BCUT2D eigenvalue weighted by molar-refractivity contribution is 0.00490. The molecule has 2 aromatic carbocycles. The van der Waals surface area contributed by atoms with Gasteiger partial charge in [0.1, 0.15) is 11.3 Å². The fourth-order valence-electron chi connectivity index (χ4n) is 3.83. The number of nitrogens with zero attached hydrogens (tertiary/aromatic N) is 1. The number of anilines is 1. The molecular formula is C25H23N3O6S. The molecule has 0 unspecified atom stereocenters. The van der Waals surface area contributed by atoms with Crippen LogP contribution in [0.5, 0.6) is 11.6 Å². The van der Waals surface area contributed by atoms with Gasteiger partial charge < -0.3 is 13.9 Å². The van der Waals surface area contributed by atoms with Crippen LogP contribution in [0.15, 0.2) is 76.1 Å². The Bertz CT molecular complexity index is 1530. The molecule has 0 amide bonds. The number of aryl methyl sites for hydroxylation is 1. The highest BCUT2D eigenvalue weighted by atomic mass is 32.2. The molecule has 0 atom stereocenters. The Morgan fingerprint density at radius 1 is 1.09 bits per heavy atom. The molecule has 0 aliphatic carbocycles. The number of hydrogen-bond donors (Lipinski definition) is 2. The summed E-state index contributed by atoms with van der Waals surface area (Å²) in [7, 11) is -3.73. The van der Waals surface area contributed by atoms with E-state index in [1.165, 1.54) is 0 Å². The van der Waals surface area contributed by atoms with Crippen LogP contribution < -0.4 is 19.8 Å². The molecule has 10 heteroatoms. The zero-order chi connectivity index (χ0) is 24.4. The quantitative estimate of drug-likeness (QED) is 0.360. The number of pyridine rings is 1. The van der Waals surface area contributed by atoms with Gasteiger partial charge in [-0.15, -0.1) is 0 Å². The highest BCUT2D eigenvalue weighted by Crippen LogP contribution is 2.27. The van der Waals surface area contributed by atoms with Crippen LogP contribution in [-0.2, 0) is 21.4 Å². The van der Waals surface area contributed by atoms with E-state index in [1.54, 1.807) is 48.7 Å². The van der Waals surface area contributed by atoms with E-state index in [1.807, 2.05) is 25.1 Å². The number of aromatic nitrogens is 1. The van der Waals surface area contributed by atoms with E-state index in [4.69, 9.17) is 13.9 Å². The Labute approximate surface area is 201 Å². The van der Waals surface area contributed by atoms with Crippen LogP contribution in [0, 0.1) is 6.92 Å². The van der Waals surface area contributed by atoms with Crippen LogP contribution in [0.4, 0.5) is 5.69 Å². The van der Waals surface area contributed by atoms with E-state index in [0.29, 0.717) is 41.7 Å². The summed E-state index contributed by atoms with van der Waals surface area (Å²) in [5.41, 5.74) is 2.41. The molecular weight excluding hydrogens is 470 g/mol. The summed E-state index contributed by atoms with van der Waals surface area (Å²) in [4.78, 5) is 17.0. The van der Waals surface area contributed by atoms with Gasteiger partial charge >= 0.3 is 5.63 Å². The molecule has 0 saturated carbocycles. The summed E-state index contributed by atoms with van der Waals surface area (Å²) in [6, 6.07) is 17.3. The minimum atomic E-state index is -3.73. The third kappa shape index (κ3) is 5.35. The van der Waals surface area contributed by atoms with Crippen molar-refractivity contribution in [3.63, 3.8) is 0 Å². The normalized spacial score (nSPS) is 14.0. The van der Waals surface area contributed by atoms with Crippen molar-refractivity contribution in [2.75, 3.05) is 17.9 Å². The molecule has 1 aliphatic heterocycles. The highest BCUT2D eigenvalue weighted by molar-refractivity contribution is 7.90. The molecule has 180 valence electrons. The summed E-state index contributed by atoms with van der Waals surface area (Å²) in [5, 5.41) is 0.789. The van der Waals surface area contributed by atoms with E-state index >= 15 is 0 Å². The summed E-state index contributed by atoms with van der Waals surface area (Å²) < 4.78 is 46.0. The van der Waals surface area contributed by atoms with E-state index < -0.39 is 15.8 Å². The fourth-order valence-corrected chi connectivity index (χ4v) is 4.90. The third-order valence-electron chi connectivity index (χ3n) is 5.64. The first-order chi connectivity index (χ1) is 16.9. The minimum absolute atomic E-state index is 0.226. The second-order valence-corrected chi connectivity index (χ2v) is 9.70. The van der Waals surface area contributed by atoms with Crippen LogP contribution in [0.1, 0.15) is 16.7 Å². The van der Waals surface area contributed by atoms with Gasteiger partial charge in [-0.3, -0.25) is 4.72 Å². The minimum Gasteiger partial charge on any atom is -0.439 e. The van der Waals surface area contributed by atoms with E-state index in [2.05, 4.69) is 14.4 Å². The largest absolute Gasteiger partial charge is 0.439 e. The Hall–Kier alpha value is -3.73. The zero-order valence-corrected chi connectivity index (χ0v) is 19.7. The highest BCUT2D eigenvalue weighted by Gasteiger charge is 2.24. The number of hydrogen-bond acceptors (Lipinski definition) is 7. The number of rotatable bonds is 8. The number of nitrogens with one attached hydrogen (secondary N) is 2. The van der Waals surface area contributed by atoms with Gasteiger partial charge in [-0.25, -0.2) is 9.78 Å². The average molecular weight is 494 g/mol. The summed E-state index contributed by atoms with van der Waals surface area (Å²) in [5.74, 6) is 0.947. The number of benzene rings is 2. The van der Waals surface area contributed by atoms with Gasteiger partial charge in [-0.2, -0.15) is 13.1 Å². The standard InChI is InChI=1S/C25H23N3O6S/c1-16-21-9-8-20(33-24-7-2-3-10-26-24)13-23(21)34-25(29)22(16)12-17-5-4-6-18(11-17)27-35(30,31)28-19-14-32-15-19/h2-11,13,19,27-28H,12,14-15H2,1H3. The Balaban J connectivity index is 1.37. The summed E-state index contributed by atoms with van der Waals surface area (Å²) in [6.45, 7) is 2.58. The van der Waals surface area contributed by atoms with Gasteiger partial charge in [-0.05, 0) is 48.4 Å². The second kappa shape index (κ2) is 9.49. The summed E-state index contributed by atoms with van der Waals surface area (Å²) in [6.07, 6.45) is 1.92. The van der Waals surface area contributed by atoms with Crippen LogP contribution in [0.3, 0.4) is 0 Å². The molecule has 2 N–H and O–H groups in total. The predicted molar refractivity (Wildman–Crippen MR) is 131 cm³/mol. The van der Waals surface area contributed by atoms with Crippen molar-refractivity contribution in [1.82, 2.24) is 9.71 Å². The average Bonchev–Trinajstić information content (AvgIpc) is 2.80. The fraction of sp³-hybridized carbons (Fsp3) is 0.200. The molecule has 5 rings (SSSR count). The first kappa shape index (κ1) is 23.0. The first-order valence-corrected chi connectivity index (χ1v) is 12.5. The molecule has 9 nitrogen and oxygen atoms in total. The van der Waals surface area contributed by atoms with Crippen molar-refractivity contribution in [2.24, 2.45) is 0 Å². The van der Waals surface area contributed by atoms with Crippen molar-refractivity contribution in [1.29, 1.82) is 0 Å². The topological polar surface area (TPSA) is 120 Å². The van der Waals surface area contributed by atoms with Crippen LogP contribution >= 0.6 is 0 Å².